The first-order valence-corrected chi connectivity index (χ1v) is 8.77. The highest BCUT2D eigenvalue weighted by Gasteiger charge is 2.22. The number of hydrogen-bond donors (Lipinski definition) is 0. The average Bonchev–Trinajstić information content (AvgIpc) is 3.05. The standard InChI is InChI=1S/C20H26N2O3/c1-16-5-3-4-6-17(16)13-20(23)22-11-9-21(10-12-22)14-18-7-8-19(25-18)15-24-2/h3-8H,9-15H2,1-2H3. The van der Waals surface area contributed by atoms with Gasteiger partial charge in [0, 0.05) is 33.3 Å². The van der Waals surface area contributed by atoms with E-state index in [1.54, 1.807) is 7.11 Å². The second-order valence-corrected chi connectivity index (χ2v) is 6.56. The zero-order valence-corrected chi connectivity index (χ0v) is 15.0. The molecule has 2 aromatic rings. The van der Waals surface area contributed by atoms with Crippen LogP contribution in [-0.2, 0) is 29.1 Å². The van der Waals surface area contributed by atoms with E-state index in [0.717, 1.165) is 49.8 Å². The van der Waals surface area contributed by atoms with E-state index in [-0.39, 0.29) is 5.91 Å². The van der Waals surface area contributed by atoms with E-state index in [2.05, 4.69) is 17.9 Å². The SMILES string of the molecule is COCc1ccc(CN2CCN(C(=O)Cc3ccccc3C)CC2)o1. The maximum atomic E-state index is 12.5. The lowest BCUT2D eigenvalue weighted by Gasteiger charge is -2.34. The summed E-state index contributed by atoms with van der Waals surface area (Å²) in [6.45, 7) is 6.64. The zero-order valence-electron chi connectivity index (χ0n) is 15.0. The Balaban J connectivity index is 1.48. The Kier molecular flexibility index (Phi) is 5.89. The molecule has 0 unspecified atom stereocenters. The van der Waals surface area contributed by atoms with Crippen molar-refractivity contribution in [3.05, 3.63) is 59.0 Å². The zero-order chi connectivity index (χ0) is 17.6. The van der Waals surface area contributed by atoms with Crippen LogP contribution in [0.3, 0.4) is 0 Å². The second kappa shape index (κ2) is 8.32. The Bertz CT molecular complexity index is 702. The van der Waals surface area contributed by atoms with Crippen LogP contribution in [0.4, 0.5) is 0 Å². The molecule has 1 aromatic carbocycles. The van der Waals surface area contributed by atoms with Gasteiger partial charge in [-0.1, -0.05) is 24.3 Å². The van der Waals surface area contributed by atoms with Gasteiger partial charge in [-0.25, -0.2) is 0 Å². The van der Waals surface area contributed by atoms with Crippen LogP contribution >= 0.6 is 0 Å². The Morgan fingerprint density at radius 2 is 1.80 bits per heavy atom. The predicted molar refractivity (Wildman–Crippen MR) is 96.2 cm³/mol. The summed E-state index contributed by atoms with van der Waals surface area (Å²) >= 11 is 0. The number of amides is 1. The highest BCUT2D eigenvalue weighted by Crippen LogP contribution is 2.14. The first-order chi connectivity index (χ1) is 12.2. The van der Waals surface area contributed by atoms with E-state index in [0.29, 0.717) is 13.0 Å². The van der Waals surface area contributed by atoms with Crippen LogP contribution < -0.4 is 0 Å². The summed E-state index contributed by atoms with van der Waals surface area (Å²) < 4.78 is 10.8. The molecule has 1 amide bonds. The largest absolute Gasteiger partial charge is 0.462 e. The van der Waals surface area contributed by atoms with Crippen molar-refractivity contribution < 1.29 is 13.9 Å². The minimum absolute atomic E-state index is 0.217. The molecule has 1 aliphatic heterocycles. The third-order valence-electron chi connectivity index (χ3n) is 4.71. The highest BCUT2D eigenvalue weighted by atomic mass is 16.5. The number of benzene rings is 1. The molecule has 134 valence electrons. The number of furan rings is 1. The van der Waals surface area contributed by atoms with Crippen LogP contribution in [0.2, 0.25) is 0 Å². The quantitative estimate of drug-likeness (QED) is 0.810. The van der Waals surface area contributed by atoms with Crippen LogP contribution in [0.5, 0.6) is 0 Å². The summed E-state index contributed by atoms with van der Waals surface area (Å²) in [7, 11) is 1.66. The van der Waals surface area contributed by atoms with Crippen molar-refractivity contribution in [2.75, 3.05) is 33.3 Å². The molecule has 5 heteroatoms. The lowest BCUT2D eigenvalue weighted by molar-refractivity contribution is -0.132. The van der Waals surface area contributed by atoms with E-state index in [4.69, 9.17) is 9.15 Å². The third-order valence-corrected chi connectivity index (χ3v) is 4.71. The molecule has 0 atom stereocenters. The Morgan fingerprint density at radius 3 is 2.52 bits per heavy atom. The Labute approximate surface area is 149 Å². The van der Waals surface area contributed by atoms with Crippen LogP contribution in [0.1, 0.15) is 22.6 Å². The summed E-state index contributed by atoms with van der Waals surface area (Å²) in [5.74, 6) is 2.02. The summed E-state index contributed by atoms with van der Waals surface area (Å²) in [6, 6.07) is 12.1. The van der Waals surface area contributed by atoms with Gasteiger partial charge in [-0.05, 0) is 30.2 Å². The topological polar surface area (TPSA) is 45.9 Å². The van der Waals surface area contributed by atoms with E-state index >= 15 is 0 Å². The average molecular weight is 342 g/mol. The van der Waals surface area contributed by atoms with E-state index in [1.165, 1.54) is 5.56 Å². The second-order valence-electron chi connectivity index (χ2n) is 6.56. The molecule has 3 rings (SSSR count). The molecule has 1 fully saturated rings. The Morgan fingerprint density at radius 1 is 1.08 bits per heavy atom. The van der Waals surface area contributed by atoms with E-state index in [9.17, 15) is 4.79 Å². The molecule has 1 saturated heterocycles. The van der Waals surface area contributed by atoms with Crippen molar-refractivity contribution >= 4 is 5.91 Å². The van der Waals surface area contributed by atoms with Gasteiger partial charge < -0.3 is 14.1 Å². The molecule has 0 bridgehead atoms. The lowest BCUT2D eigenvalue weighted by Crippen LogP contribution is -2.48. The fourth-order valence-electron chi connectivity index (χ4n) is 3.19. The highest BCUT2D eigenvalue weighted by molar-refractivity contribution is 5.79. The summed E-state index contributed by atoms with van der Waals surface area (Å²) in [5, 5.41) is 0. The van der Waals surface area contributed by atoms with Gasteiger partial charge in [0.05, 0.1) is 13.0 Å². The van der Waals surface area contributed by atoms with Crippen LogP contribution in [0.25, 0.3) is 0 Å². The number of methoxy groups -OCH3 is 1. The monoisotopic (exact) mass is 342 g/mol. The van der Waals surface area contributed by atoms with Crippen molar-refractivity contribution in [3.63, 3.8) is 0 Å². The number of piperazine rings is 1. The fraction of sp³-hybridized carbons (Fsp3) is 0.450. The molecule has 2 heterocycles. The molecular formula is C20H26N2O3. The number of aryl methyl sites for hydroxylation is 1. The third kappa shape index (κ3) is 4.71. The molecule has 1 aromatic heterocycles. The summed E-state index contributed by atoms with van der Waals surface area (Å²) in [4.78, 5) is 16.8. The molecular weight excluding hydrogens is 316 g/mol. The van der Waals surface area contributed by atoms with Crippen molar-refractivity contribution in [1.29, 1.82) is 0 Å². The minimum Gasteiger partial charge on any atom is -0.462 e. The smallest absolute Gasteiger partial charge is 0.227 e. The first kappa shape index (κ1) is 17.7. The van der Waals surface area contributed by atoms with Crippen LogP contribution in [-0.4, -0.2) is 49.0 Å². The molecule has 5 nitrogen and oxygen atoms in total. The molecule has 0 aliphatic carbocycles. The first-order valence-electron chi connectivity index (χ1n) is 8.77. The molecule has 25 heavy (non-hydrogen) atoms. The molecule has 0 N–H and O–H groups in total. The van der Waals surface area contributed by atoms with Gasteiger partial charge in [0.1, 0.15) is 18.1 Å². The van der Waals surface area contributed by atoms with Crippen molar-refractivity contribution in [2.24, 2.45) is 0 Å². The number of rotatable bonds is 6. The summed E-state index contributed by atoms with van der Waals surface area (Å²) in [6.07, 6.45) is 0.491. The predicted octanol–water partition coefficient (Wildman–Crippen LogP) is 2.62. The number of carbonyl (C=O) groups is 1. The van der Waals surface area contributed by atoms with Crippen LogP contribution in [0.15, 0.2) is 40.8 Å². The van der Waals surface area contributed by atoms with Crippen LogP contribution in [0, 0.1) is 6.92 Å². The molecule has 1 aliphatic rings. The molecule has 0 radical (unpaired) electrons. The van der Waals surface area contributed by atoms with Crippen molar-refractivity contribution in [3.8, 4) is 0 Å². The van der Waals surface area contributed by atoms with Gasteiger partial charge in [0.2, 0.25) is 5.91 Å². The van der Waals surface area contributed by atoms with Gasteiger partial charge in [-0.2, -0.15) is 0 Å². The number of ether oxygens (including phenoxy) is 1. The lowest BCUT2D eigenvalue weighted by atomic mass is 10.1. The number of carbonyl (C=O) groups excluding carboxylic acids is 1. The fourth-order valence-corrected chi connectivity index (χ4v) is 3.19. The summed E-state index contributed by atoms with van der Waals surface area (Å²) in [5.41, 5.74) is 2.30. The van der Waals surface area contributed by atoms with E-state index < -0.39 is 0 Å². The van der Waals surface area contributed by atoms with Gasteiger partial charge in [-0.15, -0.1) is 0 Å². The molecule has 0 saturated carbocycles. The molecule has 0 spiro atoms. The van der Waals surface area contributed by atoms with Crippen molar-refractivity contribution in [1.82, 2.24) is 9.80 Å². The van der Waals surface area contributed by atoms with Crippen molar-refractivity contribution in [2.45, 2.75) is 26.5 Å². The number of hydrogen-bond acceptors (Lipinski definition) is 4. The van der Waals surface area contributed by atoms with E-state index in [1.807, 2.05) is 35.2 Å². The van der Waals surface area contributed by atoms with Gasteiger partial charge in [0.25, 0.3) is 0 Å². The minimum atomic E-state index is 0.217. The Hall–Kier alpha value is -2.11. The number of nitrogens with zero attached hydrogens (tertiary/aromatic N) is 2. The maximum Gasteiger partial charge on any atom is 0.227 e. The van der Waals surface area contributed by atoms with Gasteiger partial charge >= 0.3 is 0 Å². The normalized spacial score (nSPS) is 15.5. The van der Waals surface area contributed by atoms with Gasteiger partial charge in [0.15, 0.2) is 0 Å². The maximum absolute atomic E-state index is 12.5. The van der Waals surface area contributed by atoms with Gasteiger partial charge in [-0.3, -0.25) is 9.69 Å².